The Hall–Kier alpha value is -3.15. The third-order valence-electron chi connectivity index (χ3n) is 4.97. The molecule has 0 aliphatic rings. The number of rotatable bonds is 6. The minimum Gasteiger partial charge on any atom is -0.497 e. The molecular weight excluding hydrogens is 428 g/mol. The van der Waals surface area contributed by atoms with Gasteiger partial charge in [-0.2, -0.15) is 0 Å². The number of carbonyl (C=O) groups excluding carboxylic acids is 1. The van der Waals surface area contributed by atoms with Crippen LogP contribution in [0.4, 0.5) is 5.69 Å². The highest BCUT2D eigenvalue weighted by Crippen LogP contribution is 2.34. The normalized spacial score (nSPS) is 10.7. The standard InChI is InChI=1S/C25H21ClN2O2S/c1-3-16-13-19(30-2)10-12-20(16)24(29)27-18-9-11-21(22(26)14-18)23-15-31-25(28-23)17-7-5-4-6-8-17/h4-15H,3H2,1-2H3,(H,27,29). The fraction of sp³-hybridized carbons (Fsp3) is 0.120. The lowest BCUT2D eigenvalue weighted by Gasteiger charge is -2.11. The number of anilines is 1. The van der Waals surface area contributed by atoms with Crippen molar-refractivity contribution in [3.05, 3.63) is 88.3 Å². The first kappa shape index (κ1) is 21.1. The highest BCUT2D eigenvalue weighted by atomic mass is 35.5. The molecule has 4 aromatic rings. The fourth-order valence-electron chi connectivity index (χ4n) is 3.32. The highest BCUT2D eigenvalue weighted by molar-refractivity contribution is 7.13. The average molecular weight is 449 g/mol. The maximum Gasteiger partial charge on any atom is 0.255 e. The molecule has 1 N–H and O–H groups in total. The molecule has 0 radical (unpaired) electrons. The summed E-state index contributed by atoms with van der Waals surface area (Å²) in [5.74, 6) is 0.558. The van der Waals surface area contributed by atoms with Gasteiger partial charge >= 0.3 is 0 Å². The van der Waals surface area contributed by atoms with Gasteiger partial charge in [-0.3, -0.25) is 4.79 Å². The van der Waals surface area contributed by atoms with Gasteiger partial charge in [-0.15, -0.1) is 11.3 Å². The molecule has 0 fully saturated rings. The van der Waals surface area contributed by atoms with E-state index in [0.29, 0.717) is 16.3 Å². The summed E-state index contributed by atoms with van der Waals surface area (Å²) in [6.07, 6.45) is 0.729. The van der Waals surface area contributed by atoms with Crippen LogP contribution in [0.2, 0.25) is 5.02 Å². The molecule has 4 rings (SSSR count). The third kappa shape index (κ3) is 4.63. The van der Waals surface area contributed by atoms with Crippen molar-refractivity contribution in [3.63, 3.8) is 0 Å². The Labute approximate surface area is 190 Å². The third-order valence-corrected chi connectivity index (χ3v) is 6.17. The number of ether oxygens (including phenoxy) is 1. The van der Waals surface area contributed by atoms with E-state index in [-0.39, 0.29) is 5.91 Å². The molecular formula is C25H21ClN2O2S. The molecule has 0 saturated carbocycles. The van der Waals surface area contributed by atoms with Gasteiger partial charge in [0.1, 0.15) is 10.8 Å². The average Bonchev–Trinajstić information content (AvgIpc) is 3.29. The molecule has 0 aliphatic carbocycles. The van der Waals surface area contributed by atoms with Crippen molar-refractivity contribution < 1.29 is 9.53 Å². The van der Waals surface area contributed by atoms with Gasteiger partial charge in [0.05, 0.1) is 17.8 Å². The number of aromatic nitrogens is 1. The van der Waals surface area contributed by atoms with Crippen molar-refractivity contribution >= 4 is 34.5 Å². The predicted molar refractivity (Wildman–Crippen MR) is 128 cm³/mol. The number of aryl methyl sites for hydroxylation is 1. The van der Waals surface area contributed by atoms with E-state index in [1.165, 1.54) is 0 Å². The van der Waals surface area contributed by atoms with E-state index in [9.17, 15) is 4.79 Å². The number of halogens is 1. The quantitative estimate of drug-likeness (QED) is 0.347. The fourth-order valence-corrected chi connectivity index (χ4v) is 4.42. The number of nitrogens with one attached hydrogen (secondary N) is 1. The van der Waals surface area contributed by atoms with E-state index in [1.807, 2.05) is 60.8 Å². The van der Waals surface area contributed by atoms with Gasteiger partial charge in [0.2, 0.25) is 0 Å². The molecule has 1 heterocycles. The van der Waals surface area contributed by atoms with Gasteiger partial charge < -0.3 is 10.1 Å². The summed E-state index contributed by atoms with van der Waals surface area (Å²) in [5.41, 5.74) is 4.90. The van der Waals surface area contributed by atoms with Crippen LogP contribution in [-0.2, 0) is 6.42 Å². The summed E-state index contributed by atoms with van der Waals surface area (Å²) in [7, 11) is 1.61. The summed E-state index contributed by atoms with van der Waals surface area (Å²) in [6, 6.07) is 21.0. The van der Waals surface area contributed by atoms with Crippen molar-refractivity contribution in [2.24, 2.45) is 0 Å². The van der Waals surface area contributed by atoms with Crippen LogP contribution in [0.25, 0.3) is 21.8 Å². The summed E-state index contributed by atoms with van der Waals surface area (Å²) >= 11 is 8.12. The summed E-state index contributed by atoms with van der Waals surface area (Å²) < 4.78 is 5.26. The number of thiazole rings is 1. The van der Waals surface area contributed by atoms with E-state index in [1.54, 1.807) is 36.6 Å². The first-order valence-corrected chi connectivity index (χ1v) is 11.1. The summed E-state index contributed by atoms with van der Waals surface area (Å²) in [4.78, 5) is 17.5. The van der Waals surface area contributed by atoms with Crippen molar-refractivity contribution in [2.75, 3.05) is 12.4 Å². The van der Waals surface area contributed by atoms with Gasteiger partial charge in [0, 0.05) is 27.8 Å². The number of methoxy groups -OCH3 is 1. The first-order valence-electron chi connectivity index (χ1n) is 9.88. The van der Waals surface area contributed by atoms with Crippen molar-refractivity contribution in [1.29, 1.82) is 0 Å². The minimum atomic E-state index is -0.177. The Morgan fingerprint density at radius 3 is 2.61 bits per heavy atom. The maximum atomic E-state index is 12.8. The molecule has 31 heavy (non-hydrogen) atoms. The van der Waals surface area contributed by atoms with E-state index in [4.69, 9.17) is 21.3 Å². The number of hydrogen-bond donors (Lipinski definition) is 1. The monoisotopic (exact) mass is 448 g/mol. The summed E-state index contributed by atoms with van der Waals surface area (Å²) in [6.45, 7) is 2.01. The summed E-state index contributed by atoms with van der Waals surface area (Å²) in [5, 5.41) is 6.41. The van der Waals surface area contributed by atoms with Crippen LogP contribution >= 0.6 is 22.9 Å². The van der Waals surface area contributed by atoms with Crippen LogP contribution in [0.15, 0.2) is 72.1 Å². The van der Waals surface area contributed by atoms with Crippen LogP contribution in [-0.4, -0.2) is 18.0 Å². The van der Waals surface area contributed by atoms with Crippen molar-refractivity contribution in [3.8, 4) is 27.6 Å². The van der Waals surface area contributed by atoms with Gasteiger partial charge in [0.15, 0.2) is 0 Å². The molecule has 0 atom stereocenters. The predicted octanol–water partition coefficient (Wildman–Crippen LogP) is 6.95. The molecule has 0 bridgehead atoms. The smallest absolute Gasteiger partial charge is 0.255 e. The Kier molecular flexibility index (Phi) is 6.35. The number of hydrogen-bond acceptors (Lipinski definition) is 4. The number of carbonyl (C=O) groups is 1. The second-order valence-electron chi connectivity index (χ2n) is 6.93. The van der Waals surface area contributed by atoms with Crippen LogP contribution in [0.5, 0.6) is 5.75 Å². The molecule has 0 unspecified atom stereocenters. The van der Waals surface area contributed by atoms with Crippen molar-refractivity contribution in [2.45, 2.75) is 13.3 Å². The van der Waals surface area contributed by atoms with Crippen LogP contribution < -0.4 is 10.1 Å². The van der Waals surface area contributed by atoms with E-state index in [2.05, 4.69) is 5.32 Å². The molecule has 0 spiro atoms. The second-order valence-corrected chi connectivity index (χ2v) is 8.19. The Balaban J connectivity index is 1.55. The molecule has 0 aliphatic heterocycles. The lowest BCUT2D eigenvalue weighted by molar-refractivity contribution is 0.102. The lowest BCUT2D eigenvalue weighted by atomic mass is 10.0. The van der Waals surface area contributed by atoms with E-state index >= 15 is 0 Å². The molecule has 1 aromatic heterocycles. The molecule has 4 nitrogen and oxygen atoms in total. The lowest BCUT2D eigenvalue weighted by Crippen LogP contribution is -2.14. The highest BCUT2D eigenvalue weighted by Gasteiger charge is 2.14. The zero-order valence-electron chi connectivity index (χ0n) is 17.2. The van der Waals surface area contributed by atoms with Crippen molar-refractivity contribution in [1.82, 2.24) is 4.98 Å². The zero-order chi connectivity index (χ0) is 21.8. The number of benzene rings is 3. The Bertz CT molecular complexity index is 1220. The van der Waals surface area contributed by atoms with Gasteiger partial charge in [-0.1, -0.05) is 48.9 Å². The molecule has 1 amide bonds. The molecule has 0 saturated heterocycles. The van der Waals surface area contributed by atoms with Crippen LogP contribution in [0.3, 0.4) is 0 Å². The van der Waals surface area contributed by atoms with Crippen LogP contribution in [0.1, 0.15) is 22.8 Å². The van der Waals surface area contributed by atoms with E-state index in [0.717, 1.165) is 39.6 Å². The largest absolute Gasteiger partial charge is 0.497 e. The minimum absolute atomic E-state index is 0.177. The zero-order valence-corrected chi connectivity index (χ0v) is 18.8. The molecule has 6 heteroatoms. The van der Waals surface area contributed by atoms with Gasteiger partial charge in [0.25, 0.3) is 5.91 Å². The first-order chi connectivity index (χ1) is 15.1. The van der Waals surface area contributed by atoms with Crippen LogP contribution in [0, 0.1) is 0 Å². The maximum absolute atomic E-state index is 12.8. The number of nitrogens with zero attached hydrogens (tertiary/aromatic N) is 1. The topological polar surface area (TPSA) is 51.2 Å². The molecule has 156 valence electrons. The second kappa shape index (κ2) is 9.33. The molecule has 3 aromatic carbocycles. The number of amides is 1. The van der Waals surface area contributed by atoms with E-state index < -0.39 is 0 Å². The Morgan fingerprint density at radius 2 is 1.90 bits per heavy atom. The Morgan fingerprint density at radius 1 is 1.10 bits per heavy atom. The van der Waals surface area contributed by atoms with Gasteiger partial charge in [-0.05, 0) is 48.4 Å². The van der Waals surface area contributed by atoms with Gasteiger partial charge in [-0.25, -0.2) is 4.98 Å². The SMILES string of the molecule is CCc1cc(OC)ccc1C(=O)Nc1ccc(-c2csc(-c3ccccc3)n2)c(Cl)c1.